The standard InChI is InChI=1S/C17H22N2S/c1-2-13-5-3-7-15(11-13)19-16-8-4-6-14(12-16)17-18-9-10-20-17/h4,6,8-10,12-13,15,19H,2-3,5,7,11H2,1H3. The van der Waals surface area contributed by atoms with E-state index in [-0.39, 0.29) is 0 Å². The van der Waals surface area contributed by atoms with Crippen molar-refractivity contribution in [2.24, 2.45) is 5.92 Å². The normalized spacial score (nSPS) is 22.6. The van der Waals surface area contributed by atoms with E-state index in [2.05, 4.69) is 41.5 Å². The highest BCUT2D eigenvalue weighted by Crippen LogP contribution is 2.30. The minimum atomic E-state index is 0.639. The summed E-state index contributed by atoms with van der Waals surface area (Å²) < 4.78 is 0. The third kappa shape index (κ3) is 3.21. The maximum absolute atomic E-state index is 4.39. The summed E-state index contributed by atoms with van der Waals surface area (Å²) in [4.78, 5) is 4.39. The number of aromatic nitrogens is 1. The van der Waals surface area contributed by atoms with Gasteiger partial charge in [0.15, 0.2) is 0 Å². The van der Waals surface area contributed by atoms with Crippen LogP contribution in [0.25, 0.3) is 10.6 Å². The molecule has 1 fully saturated rings. The van der Waals surface area contributed by atoms with Crippen molar-refractivity contribution < 1.29 is 0 Å². The number of rotatable bonds is 4. The molecule has 1 aliphatic carbocycles. The summed E-state index contributed by atoms with van der Waals surface area (Å²) in [6, 6.07) is 9.31. The van der Waals surface area contributed by atoms with E-state index in [1.54, 1.807) is 11.3 Å². The van der Waals surface area contributed by atoms with E-state index >= 15 is 0 Å². The first-order valence-electron chi connectivity index (χ1n) is 7.61. The Hall–Kier alpha value is -1.35. The van der Waals surface area contributed by atoms with Crippen LogP contribution >= 0.6 is 11.3 Å². The lowest BCUT2D eigenvalue weighted by atomic mass is 9.84. The van der Waals surface area contributed by atoms with Crippen molar-refractivity contribution in [2.45, 2.75) is 45.1 Å². The molecular formula is C17H22N2S. The van der Waals surface area contributed by atoms with Crippen LogP contribution in [-0.4, -0.2) is 11.0 Å². The topological polar surface area (TPSA) is 24.9 Å². The number of thiazole rings is 1. The molecule has 2 nitrogen and oxygen atoms in total. The van der Waals surface area contributed by atoms with E-state index in [9.17, 15) is 0 Å². The molecule has 1 aliphatic rings. The zero-order chi connectivity index (χ0) is 13.8. The first-order valence-corrected chi connectivity index (χ1v) is 8.49. The molecule has 0 aliphatic heterocycles. The Balaban J connectivity index is 1.70. The summed E-state index contributed by atoms with van der Waals surface area (Å²) in [7, 11) is 0. The van der Waals surface area contributed by atoms with Gasteiger partial charge in [-0.25, -0.2) is 4.98 Å². The third-order valence-corrected chi connectivity index (χ3v) is 5.09. The maximum Gasteiger partial charge on any atom is 0.123 e. The summed E-state index contributed by atoms with van der Waals surface area (Å²) in [5.41, 5.74) is 2.45. The first kappa shape index (κ1) is 13.6. The molecule has 1 aromatic carbocycles. The van der Waals surface area contributed by atoms with Gasteiger partial charge in [0.2, 0.25) is 0 Å². The van der Waals surface area contributed by atoms with Crippen LogP contribution in [0.2, 0.25) is 0 Å². The molecule has 1 heterocycles. The summed E-state index contributed by atoms with van der Waals surface area (Å²) in [5, 5.41) is 6.86. The fourth-order valence-corrected chi connectivity index (χ4v) is 3.77. The second-order valence-corrected chi connectivity index (χ2v) is 6.59. The van der Waals surface area contributed by atoms with Gasteiger partial charge in [-0.2, -0.15) is 0 Å². The van der Waals surface area contributed by atoms with Crippen LogP contribution in [-0.2, 0) is 0 Å². The van der Waals surface area contributed by atoms with Crippen LogP contribution in [0.1, 0.15) is 39.0 Å². The van der Waals surface area contributed by atoms with Crippen molar-refractivity contribution in [3.05, 3.63) is 35.8 Å². The monoisotopic (exact) mass is 286 g/mol. The van der Waals surface area contributed by atoms with E-state index in [4.69, 9.17) is 0 Å². The molecule has 1 aromatic heterocycles. The smallest absolute Gasteiger partial charge is 0.123 e. The first-order chi connectivity index (χ1) is 9.85. The van der Waals surface area contributed by atoms with E-state index < -0.39 is 0 Å². The van der Waals surface area contributed by atoms with Gasteiger partial charge in [0.1, 0.15) is 5.01 Å². The van der Waals surface area contributed by atoms with Crippen molar-refractivity contribution in [3.8, 4) is 10.6 Å². The summed E-state index contributed by atoms with van der Waals surface area (Å²) in [5.74, 6) is 0.906. The second-order valence-electron chi connectivity index (χ2n) is 5.70. The molecule has 0 amide bonds. The average molecular weight is 286 g/mol. The minimum Gasteiger partial charge on any atom is -0.382 e. The molecule has 2 aromatic rings. The maximum atomic E-state index is 4.39. The third-order valence-electron chi connectivity index (χ3n) is 4.27. The predicted octanol–water partition coefficient (Wildman–Crippen LogP) is 5.19. The SMILES string of the molecule is CCC1CCCC(Nc2cccc(-c3nccs3)c2)C1. The quantitative estimate of drug-likeness (QED) is 0.836. The van der Waals surface area contributed by atoms with Crippen LogP contribution in [0.5, 0.6) is 0 Å². The number of nitrogens with one attached hydrogen (secondary N) is 1. The average Bonchev–Trinajstić information content (AvgIpc) is 3.02. The van der Waals surface area contributed by atoms with Crippen LogP contribution in [0.4, 0.5) is 5.69 Å². The van der Waals surface area contributed by atoms with Crippen molar-refractivity contribution in [1.29, 1.82) is 0 Å². The zero-order valence-electron chi connectivity index (χ0n) is 12.0. The van der Waals surface area contributed by atoms with Gasteiger partial charge in [-0.1, -0.05) is 38.3 Å². The van der Waals surface area contributed by atoms with Gasteiger partial charge in [-0.15, -0.1) is 11.3 Å². The van der Waals surface area contributed by atoms with Crippen LogP contribution in [0.3, 0.4) is 0 Å². The number of hydrogen-bond donors (Lipinski definition) is 1. The second kappa shape index (κ2) is 6.40. The lowest BCUT2D eigenvalue weighted by molar-refractivity contribution is 0.327. The largest absolute Gasteiger partial charge is 0.382 e. The molecule has 0 saturated heterocycles. The van der Waals surface area contributed by atoms with Gasteiger partial charge in [0.05, 0.1) is 0 Å². The van der Waals surface area contributed by atoms with Crippen molar-refractivity contribution in [1.82, 2.24) is 4.98 Å². The molecule has 1 saturated carbocycles. The number of anilines is 1. The number of benzene rings is 1. The molecule has 2 unspecified atom stereocenters. The predicted molar refractivity (Wildman–Crippen MR) is 87.2 cm³/mol. The van der Waals surface area contributed by atoms with Gasteiger partial charge in [0, 0.05) is 28.9 Å². The molecular weight excluding hydrogens is 264 g/mol. The lowest BCUT2D eigenvalue weighted by Crippen LogP contribution is -2.27. The Labute approximate surface area is 125 Å². The highest BCUT2D eigenvalue weighted by atomic mass is 32.1. The molecule has 0 radical (unpaired) electrons. The highest BCUT2D eigenvalue weighted by molar-refractivity contribution is 7.13. The minimum absolute atomic E-state index is 0.639. The van der Waals surface area contributed by atoms with Crippen molar-refractivity contribution >= 4 is 17.0 Å². The molecule has 106 valence electrons. The fourth-order valence-electron chi connectivity index (χ4n) is 3.14. The zero-order valence-corrected chi connectivity index (χ0v) is 12.8. The molecule has 3 heteroatoms. The van der Waals surface area contributed by atoms with Crippen LogP contribution in [0, 0.1) is 5.92 Å². The molecule has 3 rings (SSSR count). The van der Waals surface area contributed by atoms with E-state index in [0.717, 1.165) is 10.9 Å². The summed E-state index contributed by atoms with van der Waals surface area (Å²) in [6.45, 7) is 2.32. The fraction of sp³-hybridized carbons (Fsp3) is 0.471. The van der Waals surface area contributed by atoms with Gasteiger partial charge in [0.25, 0.3) is 0 Å². The molecule has 2 atom stereocenters. The van der Waals surface area contributed by atoms with E-state index in [1.807, 2.05) is 11.6 Å². The van der Waals surface area contributed by atoms with Crippen molar-refractivity contribution in [3.63, 3.8) is 0 Å². The Morgan fingerprint density at radius 3 is 3.10 bits per heavy atom. The summed E-state index contributed by atoms with van der Waals surface area (Å²) >= 11 is 1.70. The molecule has 1 N–H and O–H groups in total. The van der Waals surface area contributed by atoms with Gasteiger partial charge >= 0.3 is 0 Å². The number of hydrogen-bond acceptors (Lipinski definition) is 3. The Morgan fingerprint density at radius 1 is 1.35 bits per heavy atom. The Kier molecular flexibility index (Phi) is 4.36. The number of nitrogens with zero attached hydrogens (tertiary/aromatic N) is 1. The molecule has 20 heavy (non-hydrogen) atoms. The van der Waals surface area contributed by atoms with Crippen LogP contribution < -0.4 is 5.32 Å². The van der Waals surface area contributed by atoms with Gasteiger partial charge < -0.3 is 5.32 Å². The van der Waals surface area contributed by atoms with E-state index in [1.165, 1.54) is 43.4 Å². The van der Waals surface area contributed by atoms with Crippen LogP contribution in [0.15, 0.2) is 35.8 Å². The molecule has 0 spiro atoms. The van der Waals surface area contributed by atoms with E-state index in [0.29, 0.717) is 6.04 Å². The Bertz CT molecular complexity index is 536. The lowest BCUT2D eigenvalue weighted by Gasteiger charge is -2.30. The van der Waals surface area contributed by atoms with Crippen molar-refractivity contribution in [2.75, 3.05) is 5.32 Å². The van der Waals surface area contributed by atoms with Gasteiger partial charge in [-0.05, 0) is 30.9 Å². The van der Waals surface area contributed by atoms with Gasteiger partial charge in [-0.3, -0.25) is 0 Å². The highest BCUT2D eigenvalue weighted by Gasteiger charge is 2.20. The Morgan fingerprint density at radius 2 is 2.30 bits per heavy atom. The molecule has 0 bridgehead atoms. The summed E-state index contributed by atoms with van der Waals surface area (Å²) in [6.07, 6.45) is 8.58.